The van der Waals surface area contributed by atoms with Gasteiger partial charge in [-0.1, -0.05) is 0 Å². The van der Waals surface area contributed by atoms with Crippen LogP contribution in [0.3, 0.4) is 0 Å². The van der Waals surface area contributed by atoms with Crippen molar-refractivity contribution in [3.63, 3.8) is 0 Å². The SMILES string of the molecule is COc1cc(N(CCO)CC2CCCN2)ncn1. The molecule has 0 aliphatic carbocycles. The van der Waals surface area contributed by atoms with Crippen molar-refractivity contribution in [2.45, 2.75) is 18.9 Å². The van der Waals surface area contributed by atoms with Crippen molar-refractivity contribution >= 4 is 5.82 Å². The summed E-state index contributed by atoms with van der Waals surface area (Å²) in [5.74, 6) is 1.34. The second-order valence-electron chi connectivity index (χ2n) is 4.38. The van der Waals surface area contributed by atoms with E-state index in [0.717, 1.165) is 18.9 Å². The van der Waals surface area contributed by atoms with Crippen LogP contribution in [0.5, 0.6) is 5.88 Å². The number of hydrogen-bond acceptors (Lipinski definition) is 6. The van der Waals surface area contributed by atoms with E-state index in [1.54, 1.807) is 13.2 Å². The molecular formula is C12H20N4O2. The van der Waals surface area contributed by atoms with Gasteiger partial charge in [-0.2, -0.15) is 0 Å². The van der Waals surface area contributed by atoms with E-state index in [4.69, 9.17) is 9.84 Å². The third-order valence-electron chi connectivity index (χ3n) is 3.13. The zero-order valence-electron chi connectivity index (χ0n) is 10.7. The van der Waals surface area contributed by atoms with Gasteiger partial charge in [0.05, 0.1) is 13.7 Å². The fraction of sp³-hybridized carbons (Fsp3) is 0.667. The maximum absolute atomic E-state index is 9.16. The highest BCUT2D eigenvalue weighted by Crippen LogP contribution is 2.17. The van der Waals surface area contributed by atoms with Crippen molar-refractivity contribution in [2.75, 3.05) is 38.3 Å². The fourth-order valence-corrected chi connectivity index (χ4v) is 2.21. The number of anilines is 1. The minimum absolute atomic E-state index is 0.110. The molecule has 6 nitrogen and oxygen atoms in total. The monoisotopic (exact) mass is 252 g/mol. The molecule has 2 rings (SSSR count). The Kier molecular flexibility index (Phi) is 4.72. The van der Waals surface area contributed by atoms with Crippen molar-refractivity contribution in [3.8, 4) is 5.88 Å². The molecule has 0 bridgehead atoms. The number of aliphatic hydroxyl groups excluding tert-OH is 1. The van der Waals surface area contributed by atoms with Gasteiger partial charge >= 0.3 is 0 Å². The summed E-state index contributed by atoms with van der Waals surface area (Å²) in [5.41, 5.74) is 0. The average Bonchev–Trinajstić information content (AvgIpc) is 2.91. The van der Waals surface area contributed by atoms with Crippen molar-refractivity contribution in [2.24, 2.45) is 0 Å². The first kappa shape index (κ1) is 13.0. The van der Waals surface area contributed by atoms with Crippen LogP contribution in [0.15, 0.2) is 12.4 Å². The Morgan fingerprint density at radius 3 is 3.11 bits per heavy atom. The van der Waals surface area contributed by atoms with Gasteiger partial charge in [-0.15, -0.1) is 0 Å². The molecule has 2 heterocycles. The lowest BCUT2D eigenvalue weighted by Gasteiger charge is -2.26. The summed E-state index contributed by atoms with van der Waals surface area (Å²) in [4.78, 5) is 10.3. The highest BCUT2D eigenvalue weighted by atomic mass is 16.5. The van der Waals surface area contributed by atoms with E-state index >= 15 is 0 Å². The van der Waals surface area contributed by atoms with E-state index in [9.17, 15) is 0 Å². The Hall–Kier alpha value is -1.40. The summed E-state index contributed by atoms with van der Waals surface area (Å²) in [6.07, 6.45) is 3.87. The topological polar surface area (TPSA) is 70.5 Å². The van der Waals surface area contributed by atoms with Gasteiger partial charge in [0, 0.05) is 25.2 Å². The summed E-state index contributed by atoms with van der Waals surface area (Å²) >= 11 is 0. The maximum atomic E-state index is 9.16. The first-order valence-electron chi connectivity index (χ1n) is 6.28. The van der Waals surface area contributed by atoms with Crippen molar-refractivity contribution in [3.05, 3.63) is 12.4 Å². The van der Waals surface area contributed by atoms with E-state index in [1.165, 1.54) is 19.2 Å². The molecule has 1 aromatic heterocycles. The van der Waals surface area contributed by atoms with E-state index in [1.807, 2.05) is 0 Å². The van der Waals surface area contributed by atoms with Gasteiger partial charge in [0.15, 0.2) is 0 Å². The van der Waals surface area contributed by atoms with Crippen LogP contribution in [0.4, 0.5) is 5.82 Å². The van der Waals surface area contributed by atoms with Crippen LogP contribution in [0, 0.1) is 0 Å². The van der Waals surface area contributed by atoms with Gasteiger partial charge in [0.25, 0.3) is 0 Å². The van der Waals surface area contributed by atoms with Crippen LogP contribution in [0.25, 0.3) is 0 Å². The third kappa shape index (κ3) is 3.30. The molecule has 1 aliphatic heterocycles. The molecule has 1 saturated heterocycles. The zero-order chi connectivity index (χ0) is 12.8. The highest BCUT2D eigenvalue weighted by Gasteiger charge is 2.19. The fourth-order valence-electron chi connectivity index (χ4n) is 2.21. The largest absolute Gasteiger partial charge is 0.481 e. The molecule has 0 spiro atoms. The van der Waals surface area contributed by atoms with Gasteiger partial charge in [-0.25, -0.2) is 9.97 Å². The number of hydrogen-bond donors (Lipinski definition) is 2. The smallest absolute Gasteiger partial charge is 0.218 e. The first-order valence-corrected chi connectivity index (χ1v) is 6.28. The number of rotatable bonds is 6. The quantitative estimate of drug-likeness (QED) is 0.744. The Morgan fingerprint density at radius 1 is 1.56 bits per heavy atom. The molecular weight excluding hydrogens is 232 g/mol. The summed E-state index contributed by atoms with van der Waals surface area (Å²) in [6, 6.07) is 2.27. The molecule has 2 N–H and O–H groups in total. The second kappa shape index (κ2) is 6.51. The number of aromatic nitrogens is 2. The molecule has 0 radical (unpaired) electrons. The van der Waals surface area contributed by atoms with Gasteiger partial charge in [0.2, 0.25) is 5.88 Å². The van der Waals surface area contributed by atoms with E-state index in [-0.39, 0.29) is 6.61 Å². The van der Waals surface area contributed by atoms with Crippen molar-refractivity contribution in [1.29, 1.82) is 0 Å². The summed E-state index contributed by atoms with van der Waals surface area (Å²) < 4.78 is 5.10. The van der Waals surface area contributed by atoms with Crippen molar-refractivity contribution < 1.29 is 9.84 Å². The number of methoxy groups -OCH3 is 1. The van der Waals surface area contributed by atoms with Crippen LogP contribution in [-0.2, 0) is 0 Å². The Bertz CT molecular complexity index is 369. The number of aliphatic hydroxyl groups is 1. The predicted molar refractivity (Wildman–Crippen MR) is 68.9 cm³/mol. The number of nitrogens with one attached hydrogen (secondary N) is 1. The average molecular weight is 252 g/mol. The van der Waals surface area contributed by atoms with Gasteiger partial charge in [-0.3, -0.25) is 0 Å². The molecule has 6 heteroatoms. The van der Waals surface area contributed by atoms with E-state index in [0.29, 0.717) is 18.5 Å². The molecule has 0 aromatic carbocycles. The van der Waals surface area contributed by atoms with E-state index < -0.39 is 0 Å². The number of nitrogens with zero attached hydrogens (tertiary/aromatic N) is 3. The van der Waals surface area contributed by atoms with Crippen LogP contribution < -0.4 is 15.0 Å². The molecule has 1 unspecified atom stereocenters. The van der Waals surface area contributed by atoms with Crippen molar-refractivity contribution in [1.82, 2.24) is 15.3 Å². The van der Waals surface area contributed by atoms with Crippen LogP contribution in [0.1, 0.15) is 12.8 Å². The molecule has 1 aliphatic rings. The van der Waals surface area contributed by atoms with Gasteiger partial charge in [-0.05, 0) is 19.4 Å². The van der Waals surface area contributed by atoms with E-state index in [2.05, 4.69) is 20.2 Å². The Labute approximate surface area is 107 Å². The normalized spacial score (nSPS) is 18.9. The Balaban J connectivity index is 2.06. The molecule has 100 valence electrons. The summed E-state index contributed by atoms with van der Waals surface area (Å²) in [6.45, 7) is 2.60. The predicted octanol–water partition coefficient (Wildman–Crippen LogP) is 0.0359. The molecule has 1 aromatic rings. The second-order valence-corrected chi connectivity index (χ2v) is 4.38. The van der Waals surface area contributed by atoms with Crippen LogP contribution >= 0.6 is 0 Å². The molecule has 0 amide bonds. The molecule has 1 atom stereocenters. The number of ether oxygens (including phenoxy) is 1. The summed E-state index contributed by atoms with van der Waals surface area (Å²) in [7, 11) is 1.58. The molecule has 0 saturated carbocycles. The lowest BCUT2D eigenvalue weighted by atomic mass is 10.2. The Morgan fingerprint density at radius 2 is 2.44 bits per heavy atom. The van der Waals surface area contributed by atoms with Crippen LogP contribution in [-0.4, -0.2) is 54.5 Å². The summed E-state index contributed by atoms with van der Waals surface area (Å²) in [5, 5.41) is 12.6. The lowest BCUT2D eigenvalue weighted by molar-refractivity contribution is 0.300. The minimum Gasteiger partial charge on any atom is -0.481 e. The standard InChI is InChI=1S/C12H20N4O2/c1-18-12-7-11(14-9-15-12)16(5-6-17)8-10-3-2-4-13-10/h7,9-10,13,17H,2-6,8H2,1H3. The molecule has 1 fully saturated rings. The first-order chi connectivity index (χ1) is 8.83. The lowest BCUT2D eigenvalue weighted by Crippen LogP contribution is -2.39. The maximum Gasteiger partial charge on any atom is 0.218 e. The van der Waals surface area contributed by atoms with Gasteiger partial charge < -0.3 is 20.1 Å². The zero-order valence-corrected chi connectivity index (χ0v) is 10.7. The molecule has 18 heavy (non-hydrogen) atoms. The minimum atomic E-state index is 0.110. The van der Waals surface area contributed by atoms with Crippen LogP contribution in [0.2, 0.25) is 0 Å². The third-order valence-corrected chi connectivity index (χ3v) is 3.13. The van der Waals surface area contributed by atoms with Gasteiger partial charge in [0.1, 0.15) is 12.1 Å². The highest BCUT2D eigenvalue weighted by molar-refractivity contribution is 5.41.